The molecule has 0 radical (unpaired) electrons. The quantitative estimate of drug-likeness (QED) is 0.425. The number of ether oxygens (including phenoxy) is 1. The van der Waals surface area contributed by atoms with Crippen molar-refractivity contribution in [2.75, 3.05) is 26.0 Å². The second-order valence-corrected chi connectivity index (χ2v) is 7.35. The molecule has 0 saturated heterocycles. The molecule has 0 bridgehead atoms. The van der Waals surface area contributed by atoms with Crippen LogP contribution in [-0.2, 0) is 25.6 Å². The summed E-state index contributed by atoms with van der Waals surface area (Å²) in [4.78, 5) is 11.7. The first-order chi connectivity index (χ1) is 12.4. The summed E-state index contributed by atoms with van der Waals surface area (Å²) in [5.74, 6) is 0. The highest BCUT2D eigenvalue weighted by Crippen LogP contribution is 2.02. The number of allylic oxidation sites excluding steroid dienone is 1. The number of hydrogen-bond donors (Lipinski definition) is 2. The summed E-state index contributed by atoms with van der Waals surface area (Å²) < 4.78 is 31.7. The molecule has 7 nitrogen and oxygen atoms in total. The van der Waals surface area contributed by atoms with Crippen LogP contribution in [0, 0.1) is 0 Å². The van der Waals surface area contributed by atoms with Gasteiger partial charge in [-0.15, -0.1) is 0 Å². The third kappa shape index (κ3) is 11.5. The van der Waals surface area contributed by atoms with E-state index in [1.165, 1.54) is 0 Å². The average molecular weight is 384 g/mol. The number of unbranched alkanes of at least 4 members (excludes halogenated alkanes) is 1. The molecule has 0 aliphatic carbocycles. The summed E-state index contributed by atoms with van der Waals surface area (Å²) in [6.07, 6.45) is 5.08. The van der Waals surface area contributed by atoms with Gasteiger partial charge in [0.15, 0.2) is 0 Å². The number of benzene rings is 1. The number of nitrogens with one attached hydrogen (secondary N) is 2. The maximum atomic E-state index is 11.7. The van der Waals surface area contributed by atoms with E-state index in [9.17, 15) is 13.2 Å². The lowest BCUT2D eigenvalue weighted by atomic mass is 10.2. The first kappa shape index (κ1) is 22.0. The Kier molecular flexibility index (Phi) is 10.4. The van der Waals surface area contributed by atoms with Crippen LogP contribution in [0.2, 0.25) is 0 Å². The number of rotatable bonds is 12. The Labute approximate surface area is 155 Å². The predicted molar refractivity (Wildman–Crippen MR) is 101 cm³/mol. The average Bonchev–Trinajstić information content (AvgIpc) is 2.61. The second kappa shape index (κ2) is 12.3. The molecule has 1 aromatic rings. The van der Waals surface area contributed by atoms with Gasteiger partial charge in [0.2, 0.25) is 0 Å². The monoisotopic (exact) mass is 384 g/mol. The molecule has 0 fully saturated rings. The van der Waals surface area contributed by atoms with Gasteiger partial charge in [0, 0.05) is 25.2 Å². The van der Waals surface area contributed by atoms with Crippen LogP contribution in [0.5, 0.6) is 0 Å². The molecule has 0 heterocycles. The van der Waals surface area contributed by atoms with Gasteiger partial charge < -0.3 is 15.4 Å². The number of carbonyl (C=O) groups excluding carboxylic acids is 1. The molecule has 0 aliphatic rings. The third-order valence-corrected chi connectivity index (χ3v) is 3.90. The molecule has 0 atom stereocenters. The smallest absolute Gasteiger partial charge is 0.407 e. The SMILES string of the molecule is CCC/C=C(\CCNC(=O)OCc1ccccc1)NCCOS(C)(=O)=O. The Bertz CT molecular complexity index is 659. The topological polar surface area (TPSA) is 93.7 Å². The van der Waals surface area contributed by atoms with Gasteiger partial charge in [-0.25, -0.2) is 4.79 Å². The highest BCUT2D eigenvalue weighted by Gasteiger charge is 2.05. The van der Waals surface area contributed by atoms with Gasteiger partial charge in [0.25, 0.3) is 10.1 Å². The first-order valence-electron chi connectivity index (χ1n) is 8.62. The Hall–Kier alpha value is -2.06. The number of amides is 1. The van der Waals surface area contributed by atoms with Gasteiger partial charge in [-0.3, -0.25) is 4.18 Å². The molecule has 1 amide bonds. The molecule has 0 unspecified atom stereocenters. The van der Waals surface area contributed by atoms with E-state index in [1.807, 2.05) is 36.4 Å². The molecule has 0 spiro atoms. The van der Waals surface area contributed by atoms with Crippen molar-refractivity contribution in [3.8, 4) is 0 Å². The van der Waals surface area contributed by atoms with Gasteiger partial charge >= 0.3 is 6.09 Å². The molecular formula is C18H28N2O5S. The van der Waals surface area contributed by atoms with Gasteiger partial charge in [-0.05, 0) is 12.0 Å². The molecule has 0 saturated carbocycles. The van der Waals surface area contributed by atoms with Crippen LogP contribution in [-0.4, -0.2) is 40.5 Å². The van der Waals surface area contributed by atoms with Crippen molar-refractivity contribution in [1.82, 2.24) is 10.6 Å². The van der Waals surface area contributed by atoms with Crippen LogP contribution < -0.4 is 10.6 Å². The zero-order valence-electron chi connectivity index (χ0n) is 15.4. The van der Waals surface area contributed by atoms with Crippen LogP contribution in [0.15, 0.2) is 42.1 Å². The van der Waals surface area contributed by atoms with Gasteiger partial charge in [0.1, 0.15) is 6.61 Å². The molecule has 1 rings (SSSR count). The molecule has 26 heavy (non-hydrogen) atoms. The fraction of sp³-hybridized carbons (Fsp3) is 0.500. The number of alkyl carbamates (subject to hydrolysis) is 1. The lowest BCUT2D eigenvalue weighted by Crippen LogP contribution is -2.28. The van der Waals surface area contributed by atoms with Crippen LogP contribution in [0.4, 0.5) is 4.79 Å². The van der Waals surface area contributed by atoms with Crippen molar-refractivity contribution in [2.45, 2.75) is 32.8 Å². The minimum atomic E-state index is -3.43. The molecule has 146 valence electrons. The van der Waals surface area contributed by atoms with Crippen molar-refractivity contribution in [1.29, 1.82) is 0 Å². The van der Waals surface area contributed by atoms with Crippen molar-refractivity contribution in [2.24, 2.45) is 0 Å². The predicted octanol–water partition coefficient (Wildman–Crippen LogP) is 2.55. The fourth-order valence-corrected chi connectivity index (χ4v) is 2.45. The summed E-state index contributed by atoms with van der Waals surface area (Å²) in [6, 6.07) is 9.46. The van der Waals surface area contributed by atoms with Crippen molar-refractivity contribution >= 4 is 16.2 Å². The van der Waals surface area contributed by atoms with E-state index in [4.69, 9.17) is 8.92 Å². The van der Waals surface area contributed by atoms with Crippen LogP contribution in [0.25, 0.3) is 0 Å². The third-order valence-electron chi connectivity index (χ3n) is 3.31. The summed E-state index contributed by atoms with van der Waals surface area (Å²) in [5.41, 5.74) is 1.87. The summed E-state index contributed by atoms with van der Waals surface area (Å²) in [6.45, 7) is 3.16. The highest BCUT2D eigenvalue weighted by molar-refractivity contribution is 7.85. The molecule has 8 heteroatoms. The molecular weight excluding hydrogens is 356 g/mol. The van der Waals surface area contributed by atoms with E-state index in [1.54, 1.807) is 0 Å². The van der Waals surface area contributed by atoms with Crippen LogP contribution in [0.3, 0.4) is 0 Å². The summed E-state index contributed by atoms with van der Waals surface area (Å²) in [5, 5.41) is 5.84. The zero-order chi connectivity index (χ0) is 19.3. The lowest BCUT2D eigenvalue weighted by Gasteiger charge is -2.12. The summed E-state index contributed by atoms with van der Waals surface area (Å²) >= 11 is 0. The van der Waals surface area contributed by atoms with E-state index in [0.717, 1.165) is 30.4 Å². The largest absolute Gasteiger partial charge is 0.445 e. The van der Waals surface area contributed by atoms with Crippen LogP contribution >= 0.6 is 0 Å². The molecule has 0 aliphatic heterocycles. The van der Waals surface area contributed by atoms with Gasteiger partial charge in [0.05, 0.1) is 12.9 Å². The highest BCUT2D eigenvalue weighted by atomic mass is 32.2. The van der Waals surface area contributed by atoms with Crippen molar-refractivity contribution < 1.29 is 22.1 Å². The van der Waals surface area contributed by atoms with Gasteiger partial charge in [-0.2, -0.15) is 8.42 Å². The lowest BCUT2D eigenvalue weighted by molar-refractivity contribution is 0.139. The molecule has 2 N–H and O–H groups in total. The van der Waals surface area contributed by atoms with Crippen LogP contribution in [0.1, 0.15) is 31.7 Å². The fourth-order valence-electron chi connectivity index (χ4n) is 2.06. The molecule has 1 aromatic carbocycles. The minimum absolute atomic E-state index is 0.0643. The maximum Gasteiger partial charge on any atom is 0.407 e. The Morgan fingerprint density at radius 1 is 1.15 bits per heavy atom. The van der Waals surface area contributed by atoms with Crippen molar-refractivity contribution in [3.05, 3.63) is 47.7 Å². The Morgan fingerprint density at radius 2 is 1.88 bits per heavy atom. The Balaban J connectivity index is 2.28. The maximum absolute atomic E-state index is 11.7. The van der Waals surface area contributed by atoms with Crippen molar-refractivity contribution in [3.63, 3.8) is 0 Å². The minimum Gasteiger partial charge on any atom is -0.445 e. The number of carbonyl (C=O) groups is 1. The van der Waals surface area contributed by atoms with E-state index in [2.05, 4.69) is 17.6 Å². The van der Waals surface area contributed by atoms with E-state index in [0.29, 0.717) is 19.5 Å². The van der Waals surface area contributed by atoms with E-state index in [-0.39, 0.29) is 13.2 Å². The van der Waals surface area contributed by atoms with E-state index >= 15 is 0 Å². The summed E-state index contributed by atoms with van der Waals surface area (Å²) in [7, 11) is -3.43. The zero-order valence-corrected chi connectivity index (χ0v) is 16.2. The number of hydrogen-bond acceptors (Lipinski definition) is 6. The first-order valence-corrected chi connectivity index (χ1v) is 10.4. The second-order valence-electron chi connectivity index (χ2n) is 5.71. The normalized spacial score (nSPS) is 11.8. The van der Waals surface area contributed by atoms with Gasteiger partial charge in [-0.1, -0.05) is 49.8 Å². The molecule has 0 aromatic heterocycles. The van der Waals surface area contributed by atoms with E-state index < -0.39 is 16.2 Å². The Morgan fingerprint density at radius 3 is 2.54 bits per heavy atom. The standard InChI is InChI=1S/C18H28N2O5S/c1-3-4-10-17(19-13-14-25-26(2,22)23)11-12-20-18(21)24-15-16-8-6-5-7-9-16/h5-10,19H,3-4,11-15H2,1-2H3,(H,20,21)/b17-10+.